The molecule has 1 aliphatic rings. The number of amides is 2. The van der Waals surface area contributed by atoms with Crippen molar-refractivity contribution < 1.29 is 19.1 Å². The SMILES string of the molecule is COc1ccc(NC(=O)NC2=CC(=O)OCC2)cc1. The maximum atomic E-state index is 11.7. The molecule has 1 aliphatic heterocycles. The third kappa shape index (κ3) is 3.74. The number of hydrogen-bond acceptors (Lipinski definition) is 4. The summed E-state index contributed by atoms with van der Waals surface area (Å²) in [5.74, 6) is 0.273. The molecule has 2 N–H and O–H groups in total. The second-order valence-electron chi connectivity index (χ2n) is 3.89. The van der Waals surface area contributed by atoms with Crippen LogP contribution in [-0.4, -0.2) is 25.7 Å². The summed E-state index contributed by atoms with van der Waals surface area (Å²) in [6, 6.07) is 6.54. The number of ether oxygens (including phenoxy) is 2. The number of benzene rings is 1. The summed E-state index contributed by atoms with van der Waals surface area (Å²) >= 11 is 0. The lowest BCUT2D eigenvalue weighted by molar-refractivity contribution is -0.138. The topological polar surface area (TPSA) is 76.7 Å². The van der Waals surface area contributed by atoms with Crippen LogP contribution in [0.1, 0.15) is 6.42 Å². The van der Waals surface area contributed by atoms with E-state index >= 15 is 0 Å². The molecule has 0 spiro atoms. The molecule has 1 heterocycles. The summed E-state index contributed by atoms with van der Waals surface area (Å²) in [6.07, 6.45) is 1.78. The lowest BCUT2D eigenvalue weighted by Gasteiger charge is -2.14. The number of carbonyl (C=O) groups is 2. The minimum atomic E-state index is -0.439. The zero-order valence-electron chi connectivity index (χ0n) is 10.4. The molecule has 100 valence electrons. The molecule has 0 aromatic heterocycles. The van der Waals surface area contributed by atoms with Gasteiger partial charge >= 0.3 is 12.0 Å². The van der Waals surface area contributed by atoms with Gasteiger partial charge in [0.1, 0.15) is 5.75 Å². The number of anilines is 1. The van der Waals surface area contributed by atoms with Crippen LogP contribution in [0.2, 0.25) is 0 Å². The molecule has 0 saturated heterocycles. The van der Waals surface area contributed by atoms with E-state index in [4.69, 9.17) is 9.47 Å². The second kappa shape index (κ2) is 5.90. The van der Waals surface area contributed by atoms with Crippen molar-refractivity contribution >= 4 is 17.7 Å². The van der Waals surface area contributed by atoms with Crippen LogP contribution in [0.15, 0.2) is 36.0 Å². The predicted octanol–water partition coefficient (Wildman–Crippen LogP) is 1.65. The molecule has 1 aromatic rings. The van der Waals surface area contributed by atoms with Crippen molar-refractivity contribution in [1.82, 2.24) is 5.32 Å². The van der Waals surface area contributed by atoms with Crippen LogP contribution in [0, 0.1) is 0 Å². The monoisotopic (exact) mass is 262 g/mol. The lowest BCUT2D eigenvalue weighted by atomic mass is 10.2. The molecular weight excluding hydrogens is 248 g/mol. The average molecular weight is 262 g/mol. The second-order valence-corrected chi connectivity index (χ2v) is 3.89. The minimum absolute atomic E-state index is 0.285. The Bertz CT molecular complexity index is 508. The van der Waals surface area contributed by atoms with Gasteiger partial charge in [0.2, 0.25) is 0 Å². The quantitative estimate of drug-likeness (QED) is 0.812. The van der Waals surface area contributed by atoms with E-state index in [-0.39, 0.29) is 6.61 Å². The predicted molar refractivity (Wildman–Crippen MR) is 68.8 cm³/mol. The number of cyclic esters (lactones) is 1. The normalized spacial score (nSPS) is 14.2. The Labute approximate surface area is 110 Å². The number of nitrogens with one attached hydrogen (secondary N) is 2. The zero-order valence-corrected chi connectivity index (χ0v) is 10.4. The first-order valence-corrected chi connectivity index (χ1v) is 5.77. The molecule has 6 nitrogen and oxygen atoms in total. The summed E-state index contributed by atoms with van der Waals surface area (Å²) in [5, 5.41) is 5.26. The van der Waals surface area contributed by atoms with E-state index < -0.39 is 12.0 Å². The maximum absolute atomic E-state index is 11.7. The van der Waals surface area contributed by atoms with Crippen LogP contribution in [0.25, 0.3) is 0 Å². The lowest BCUT2D eigenvalue weighted by Crippen LogP contribution is -2.30. The molecular formula is C13H14N2O4. The highest BCUT2D eigenvalue weighted by Gasteiger charge is 2.12. The summed E-state index contributed by atoms with van der Waals surface area (Å²) < 4.78 is 9.75. The van der Waals surface area contributed by atoms with Crippen molar-refractivity contribution in [3.63, 3.8) is 0 Å². The molecule has 0 saturated carbocycles. The third-order valence-corrected chi connectivity index (χ3v) is 2.53. The first-order chi connectivity index (χ1) is 9.17. The van der Waals surface area contributed by atoms with Gasteiger partial charge in [0.15, 0.2) is 0 Å². The largest absolute Gasteiger partial charge is 0.497 e. The van der Waals surface area contributed by atoms with E-state index in [1.165, 1.54) is 6.08 Å². The zero-order chi connectivity index (χ0) is 13.7. The van der Waals surface area contributed by atoms with Crippen molar-refractivity contribution in [2.45, 2.75) is 6.42 Å². The molecule has 0 unspecified atom stereocenters. The molecule has 0 radical (unpaired) electrons. The van der Waals surface area contributed by atoms with Crippen molar-refractivity contribution in [1.29, 1.82) is 0 Å². The van der Waals surface area contributed by atoms with Gasteiger partial charge in [-0.15, -0.1) is 0 Å². The van der Waals surface area contributed by atoms with Crippen LogP contribution in [-0.2, 0) is 9.53 Å². The summed E-state index contributed by atoms with van der Waals surface area (Å²) in [7, 11) is 1.57. The van der Waals surface area contributed by atoms with E-state index in [0.717, 1.165) is 0 Å². The molecule has 19 heavy (non-hydrogen) atoms. The highest BCUT2D eigenvalue weighted by Crippen LogP contribution is 2.15. The Hall–Kier alpha value is -2.50. The third-order valence-electron chi connectivity index (χ3n) is 2.53. The highest BCUT2D eigenvalue weighted by molar-refractivity contribution is 5.92. The highest BCUT2D eigenvalue weighted by atomic mass is 16.5. The van der Waals surface area contributed by atoms with E-state index in [0.29, 0.717) is 23.6 Å². The van der Waals surface area contributed by atoms with Crippen LogP contribution in [0.3, 0.4) is 0 Å². The smallest absolute Gasteiger partial charge is 0.332 e. The number of methoxy groups -OCH3 is 1. The molecule has 0 bridgehead atoms. The van der Waals surface area contributed by atoms with Crippen LogP contribution >= 0.6 is 0 Å². The summed E-state index contributed by atoms with van der Waals surface area (Å²) in [4.78, 5) is 22.7. The van der Waals surface area contributed by atoms with E-state index in [2.05, 4.69) is 10.6 Å². The Morgan fingerprint density at radius 3 is 2.63 bits per heavy atom. The number of carbonyl (C=O) groups excluding carboxylic acids is 2. The molecule has 0 aliphatic carbocycles. The summed E-state index contributed by atoms with van der Waals surface area (Å²) in [6.45, 7) is 0.285. The van der Waals surface area contributed by atoms with Gasteiger partial charge in [-0.05, 0) is 24.3 Å². The van der Waals surface area contributed by atoms with Crippen molar-refractivity contribution in [2.75, 3.05) is 19.0 Å². The van der Waals surface area contributed by atoms with Crippen LogP contribution in [0.4, 0.5) is 10.5 Å². The maximum Gasteiger partial charge on any atom is 0.332 e. The molecule has 6 heteroatoms. The molecule has 0 atom stereocenters. The molecule has 0 fully saturated rings. The first-order valence-electron chi connectivity index (χ1n) is 5.77. The first kappa shape index (κ1) is 12.9. The van der Waals surface area contributed by atoms with Gasteiger partial charge in [0.05, 0.1) is 13.7 Å². The van der Waals surface area contributed by atoms with Crippen molar-refractivity contribution in [3.05, 3.63) is 36.0 Å². The minimum Gasteiger partial charge on any atom is -0.497 e. The average Bonchev–Trinajstić information content (AvgIpc) is 2.39. The molecule has 2 rings (SSSR count). The number of urea groups is 1. The standard InChI is InChI=1S/C13H14N2O4/c1-18-11-4-2-9(3-5-11)14-13(17)15-10-6-7-19-12(16)8-10/h2-5,8H,6-7H2,1H3,(H2,14,15,17). The van der Waals surface area contributed by atoms with Gasteiger partial charge < -0.3 is 20.1 Å². The van der Waals surface area contributed by atoms with E-state index in [1.807, 2.05) is 0 Å². The Balaban J connectivity index is 1.91. The van der Waals surface area contributed by atoms with Gasteiger partial charge in [-0.25, -0.2) is 9.59 Å². The number of esters is 1. The molecule has 2 amide bonds. The fourth-order valence-corrected chi connectivity index (χ4v) is 1.60. The van der Waals surface area contributed by atoms with E-state index in [9.17, 15) is 9.59 Å². The van der Waals surface area contributed by atoms with Crippen molar-refractivity contribution in [2.24, 2.45) is 0 Å². The van der Waals surface area contributed by atoms with Crippen LogP contribution in [0.5, 0.6) is 5.75 Å². The Morgan fingerprint density at radius 2 is 2.00 bits per heavy atom. The summed E-state index contributed by atoms with van der Waals surface area (Å²) in [5.41, 5.74) is 1.18. The fourth-order valence-electron chi connectivity index (χ4n) is 1.60. The Morgan fingerprint density at radius 1 is 1.26 bits per heavy atom. The van der Waals surface area contributed by atoms with E-state index in [1.54, 1.807) is 31.4 Å². The number of hydrogen-bond donors (Lipinski definition) is 2. The number of rotatable bonds is 3. The van der Waals surface area contributed by atoms with Gasteiger partial charge in [-0.1, -0.05) is 0 Å². The molecule has 1 aromatic carbocycles. The fraction of sp³-hybridized carbons (Fsp3) is 0.231. The van der Waals surface area contributed by atoms with Crippen LogP contribution < -0.4 is 15.4 Å². The van der Waals surface area contributed by atoms with Gasteiger partial charge in [0.25, 0.3) is 0 Å². The van der Waals surface area contributed by atoms with Gasteiger partial charge in [-0.2, -0.15) is 0 Å². The van der Waals surface area contributed by atoms with Crippen molar-refractivity contribution in [3.8, 4) is 5.75 Å². The Kier molecular flexibility index (Phi) is 4.02. The van der Waals surface area contributed by atoms with Gasteiger partial charge in [0, 0.05) is 23.9 Å². The van der Waals surface area contributed by atoms with Gasteiger partial charge in [-0.3, -0.25) is 0 Å².